The van der Waals surface area contributed by atoms with Crippen molar-refractivity contribution in [1.82, 2.24) is 0 Å². The van der Waals surface area contributed by atoms with Crippen LogP contribution in [0, 0.1) is 0 Å². The molecule has 0 saturated heterocycles. The number of hydrogen-bond donors (Lipinski definition) is 0. The van der Waals surface area contributed by atoms with Crippen LogP contribution in [0.2, 0.25) is 19.1 Å². The van der Waals surface area contributed by atoms with Crippen molar-refractivity contribution in [2.45, 2.75) is 32.5 Å². The molecular formula is C14H22OSi. The Morgan fingerprint density at radius 3 is 2.38 bits per heavy atom. The van der Waals surface area contributed by atoms with Gasteiger partial charge in [-0.25, -0.2) is 0 Å². The molecule has 2 heteroatoms. The van der Waals surface area contributed by atoms with Crippen molar-refractivity contribution < 1.29 is 4.43 Å². The second-order valence-electron chi connectivity index (χ2n) is 4.64. The van der Waals surface area contributed by atoms with E-state index in [1.54, 1.807) is 0 Å². The molecular weight excluding hydrogens is 212 g/mol. The molecule has 0 spiro atoms. The van der Waals surface area contributed by atoms with Crippen molar-refractivity contribution in [2.75, 3.05) is 6.61 Å². The molecule has 0 N–H and O–H groups in total. The second-order valence-corrected chi connectivity index (χ2v) is 8.95. The predicted molar refractivity (Wildman–Crippen MR) is 74.2 cm³/mol. The standard InChI is InChI=1S/C14H22OSi/c1-5-13-7-9-14(10-8-13)11-12-16(3,4)15-6-2/h5,7-10H,1,6,11-12H2,2-4H3. The summed E-state index contributed by atoms with van der Waals surface area (Å²) in [5.41, 5.74) is 2.58. The van der Waals surface area contributed by atoms with Crippen LogP contribution in [0.3, 0.4) is 0 Å². The maximum Gasteiger partial charge on any atom is 0.187 e. The molecule has 1 rings (SSSR count). The van der Waals surface area contributed by atoms with Gasteiger partial charge in [-0.1, -0.05) is 36.9 Å². The minimum absolute atomic E-state index is 0.842. The average molecular weight is 234 g/mol. The lowest BCUT2D eigenvalue weighted by Crippen LogP contribution is -2.30. The topological polar surface area (TPSA) is 9.23 Å². The highest BCUT2D eigenvalue weighted by molar-refractivity contribution is 6.71. The molecule has 0 aromatic heterocycles. The van der Waals surface area contributed by atoms with Gasteiger partial charge in [0.25, 0.3) is 0 Å². The lowest BCUT2D eigenvalue weighted by molar-refractivity contribution is 0.329. The zero-order valence-electron chi connectivity index (χ0n) is 10.6. The van der Waals surface area contributed by atoms with Gasteiger partial charge in [-0.3, -0.25) is 0 Å². The molecule has 88 valence electrons. The molecule has 1 aromatic carbocycles. The summed E-state index contributed by atoms with van der Waals surface area (Å²) in [5.74, 6) is 0. The van der Waals surface area contributed by atoms with Crippen LogP contribution in [0.4, 0.5) is 0 Å². The van der Waals surface area contributed by atoms with Crippen LogP contribution in [0.15, 0.2) is 30.8 Å². The van der Waals surface area contributed by atoms with Crippen molar-refractivity contribution in [2.24, 2.45) is 0 Å². The van der Waals surface area contributed by atoms with Gasteiger partial charge in [0.05, 0.1) is 0 Å². The molecule has 0 heterocycles. The van der Waals surface area contributed by atoms with Crippen molar-refractivity contribution in [3.63, 3.8) is 0 Å². The van der Waals surface area contributed by atoms with E-state index in [2.05, 4.69) is 50.9 Å². The van der Waals surface area contributed by atoms with E-state index in [0.29, 0.717) is 0 Å². The van der Waals surface area contributed by atoms with E-state index >= 15 is 0 Å². The first-order valence-electron chi connectivity index (χ1n) is 5.93. The van der Waals surface area contributed by atoms with Gasteiger partial charge in [0.1, 0.15) is 0 Å². The van der Waals surface area contributed by atoms with Gasteiger partial charge in [0, 0.05) is 6.61 Å². The molecule has 0 atom stereocenters. The second kappa shape index (κ2) is 6.02. The average Bonchev–Trinajstić information content (AvgIpc) is 2.27. The zero-order valence-corrected chi connectivity index (χ0v) is 11.6. The van der Waals surface area contributed by atoms with Crippen LogP contribution >= 0.6 is 0 Å². The first-order valence-corrected chi connectivity index (χ1v) is 9.04. The summed E-state index contributed by atoms with van der Waals surface area (Å²) in [5, 5.41) is 0. The van der Waals surface area contributed by atoms with Crippen LogP contribution < -0.4 is 0 Å². The molecule has 16 heavy (non-hydrogen) atoms. The monoisotopic (exact) mass is 234 g/mol. The lowest BCUT2D eigenvalue weighted by Gasteiger charge is -2.21. The zero-order chi connectivity index (χ0) is 12.0. The minimum Gasteiger partial charge on any atom is -0.418 e. The summed E-state index contributed by atoms with van der Waals surface area (Å²) in [7, 11) is -1.43. The third-order valence-corrected chi connectivity index (χ3v) is 5.29. The number of rotatable bonds is 6. The van der Waals surface area contributed by atoms with Crippen molar-refractivity contribution in [3.05, 3.63) is 42.0 Å². The van der Waals surface area contributed by atoms with Gasteiger partial charge < -0.3 is 4.43 Å². The Kier molecular flexibility index (Phi) is 4.96. The Bertz CT molecular complexity index is 327. The van der Waals surface area contributed by atoms with E-state index in [9.17, 15) is 0 Å². The predicted octanol–water partition coefficient (Wildman–Crippen LogP) is 4.11. The fraction of sp³-hybridized carbons (Fsp3) is 0.429. The third-order valence-electron chi connectivity index (χ3n) is 2.77. The fourth-order valence-corrected chi connectivity index (χ4v) is 3.55. The van der Waals surface area contributed by atoms with Gasteiger partial charge in [0.15, 0.2) is 8.32 Å². The normalized spacial score (nSPS) is 11.4. The smallest absolute Gasteiger partial charge is 0.187 e. The third kappa shape index (κ3) is 4.33. The Labute approximate surface area is 100 Å². The molecule has 0 amide bonds. The summed E-state index contributed by atoms with van der Waals surface area (Å²) in [4.78, 5) is 0. The summed E-state index contributed by atoms with van der Waals surface area (Å²) in [6, 6.07) is 9.81. The maximum atomic E-state index is 5.82. The molecule has 0 bridgehead atoms. The fourth-order valence-electron chi connectivity index (χ4n) is 1.73. The van der Waals surface area contributed by atoms with Crippen LogP contribution in [0.1, 0.15) is 18.1 Å². The molecule has 0 aliphatic heterocycles. The van der Waals surface area contributed by atoms with Gasteiger partial charge in [-0.15, -0.1) is 0 Å². The molecule has 0 radical (unpaired) electrons. The molecule has 0 aliphatic rings. The first kappa shape index (κ1) is 13.2. The van der Waals surface area contributed by atoms with Crippen LogP contribution in [0.25, 0.3) is 6.08 Å². The Morgan fingerprint density at radius 2 is 1.88 bits per heavy atom. The summed E-state index contributed by atoms with van der Waals surface area (Å²) in [6.45, 7) is 11.2. The Balaban J connectivity index is 2.51. The van der Waals surface area contributed by atoms with Crippen molar-refractivity contribution in [1.29, 1.82) is 0 Å². The molecule has 0 aliphatic carbocycles. The van der Waals surface area contributed by atoms with E-state index in [-0.39, 0.29) is 0 Å². The van der Waals surface area contributed by atoms with E-state index in [0.717, 1.165) is 13.0 Å². The highest BCUT2D eigenvalue weighted by Gasteiger charge is 2.20. The van der Waals surface area contributed by atoms with E-state index < -0.39 is 8.32 Å². The maximum absolute atomic E-state index is 5.82. The van der Waals surface area contributed by atoms with Crippen molar-refractivity contribution in [3.8, 4) is 0 Å². The van der Waals surface area contributed by atoms with Gasteiger partial charge in [-0.2, -0.15) is 0 Å². The van der Waals surface area contributed by atoms with Crippen LogP contribution in [0.5, 0.6) is 0 Å². The van der Waals surface area contributed by atoms with Gasteiger partial charge in [-0.05, 0) is 43.6 Å². The molecule has 0 saturated carbocycles. The highest BCUT2D eigenvalue weighted by Crippen LogP contribution is 2.16. The summed E-state index contributed by atoms with van der Waals surface area (Å²) < 4.78 is 5.82. The number of benzene rings is 1. The lowest BCUT2D eigenvalue weighted by atomic mass is 10.1. The van der Waals surface area contributed by atoms with E-state index in [1.807, 2.05) is 6.08 Å². The summed E-state index contributed by atoms with van der Waals surface area (Å²) >= 11 is 0. The van der Waals surface area contributed by atoms with E-state index in [1.165, 1.54) is 17.2 Å². The van der Waals surface area contributed by atoms with Gasteiger partial charge >= 0.3 is 0 Å². The molecule has 0 fully saturated rings. The van der Waals surface area contributed by atoms with E-state index in [4.69, 9.17) is 4.43 Å². The largest absolute Gasteiger partial charge is 0.418 e. The Hall–Kier alpha value is -0.863. The SMILES string of the molecule is C=Cc1ccc(CC[Si](C)(C)OCC)cc1. The number of aryl methyl sites for hydroxylation is 1. The Morgan fingerprint density at radius 1 is 1.25 bits per heavy atom. The molecule has 1 aromatic rings. The minimum atomic E-state index is -1.43. The van der Waals surface area contributed by atoms with Crippen molar-refractivity contribution >= 4 is 14.4 Å². The van der Waals surface area contributed by atoms with Crippen LogP contribution in [-0.2, 0) is 10.8 Å². The summed E-state index contributed by atoms with van der Waals surface area (Å²) in [6.07, 6.45) is 3.00. The number of hydrogen-bond acceptors (Lipinski definition) is 1. The van der Waals surface area contributed by atoms with Gasteiger partial charge in [0.2, 0.25) is 0 Å². The molecule has 1 nitrogen and oxygen atoms in total. The first-order chi connectivity index (χ1) is 7.57. The molecule has 0 unspecified atom stereocenters. The quantitative estimate of drug-likeness (QED) is 0.673. The van der Waals surface area contributed by atoms with Crippen LogP contribution in [-0.4, -0.2) is 14.9 Å². The highest BCUT2D eigenvalue weighted by atomic mass is 28.4.